The Labute approximate surface area is 169 Å². The number of fused-ring (bicyclic) bond motifs is 1. The number of nitrogens with zero attached hydrogens (tertiary/aromatic N) is 1. The van der Waals surface area contributed by atoms with Crippen molar-refractivity contribution in [2.75, 3.05) is 32.6 Å². The van der Waals surface area contributed by atoms with Gasteiger partial charge in [-0.05, 0) is 30.2 Å². The molecule has 0 aliphatic heterocycles. The number of carbonyl (C=O) groups excluding carboxylic acids is 2. The average Bonchev–Trinajstić information content (AvgIpc) is 3.14. The topological polar surface area (TPSA) is 83.7 Å². The fraction of sp³-hybridized carbons (Fsp3) is 0.273. The standard InChI is InChI=1S/C22H25N3O4/c1-15(26)25(11-10-16-13-23-19-7-5-4-6-18(16)19)14-22(27)24-17-8-9-20(28-2)21(12-17)29-3/h4-9,12-13,23H,10-11,14H2,1-3H3,(H,24,27). The van der Waals surface area contributed by atoms with E-state index in [9.17, 15) is 9.59 Å². The second-order valence-corrected chi connectivity index (χ2v) is 6.67. The van der Waals surface area contributed by atoms with Gasteiger partial charge in [0.2, 0.25) is 11.8 Å². The van der Waals surface area contributed by atoms with Crippen molar-refractivity contribution >= 4 is 28.4 Å². The maximum atomic E-state index is 12.5. The lowest BCUT2D eigenvalue weighted by Crippen LogP contribution is -2.37. The summed E-state index contributed by atoms with van der Waals surface area (Å²) >= 11 is 0. The van der Waals surface area contributed by atoms with Crippen molar-refractivity contribution < 1.29 is 19.1 Å². The number of hydrogen-bond donors (Lipinski definition) is 2. The van der Waals surface area contributed by atoms with E-state index in [1.807, 2.05) is 30.5 Å². The van der Waals surface area contributed by atoms with Crippen molar-refractivity contribution in [2.45, 2.75) is 13.3 Å². The summed E-state index contributed by atoms with van der Waals surface area (Å²) in [4.78, 5) is 29.3. The number of aromatic nitrogens is 1. The van der Waals surface area contributed by atoms with Gasteiger partial charge in [0, 0.05) is 42.3 Å². The van der Waals surface area contributed by atoms with Gasteiger partial charge < -0.3 is 24.7 Å². The van der Waals surface area contributed by atoms with Crippen LogP contribution in [0.1, 0.15) is 12.5 Å². The van der Waals surface area contributed by atoms with Crippen molar-refractivity contribution in [3.63, 3.8) is 0 Å². The van der Waals surface area contributed by atoms with Gasteiger partial charge in [-0.15, -0.1) is 0 Å². The summed E-state index contributed by atoms with van der Waals surface area (Å²) in [6.45, 7) is 1.90. The van der Waals surface area contributed by atoms with Gasteiger partial charge in [0.1, 0.15) is 0 Å². The zero-order chi connectivity index (χ0) is 20.8. The Morgan fingerprint density at radius 1 is 1.07 bits per heavy atom. The van der Waals surface area contributed by atoms with Crippen LogP contribution in [0.2, 0.25) is 0 Å². The maximum Gasteiger partial charge on any atom is 0.243 e. The minimum Gasteiger partial charge on any atom is -0.493 e. The number of methoxy groups -OCH3 is 2. The second kappa shape index (κ2) is 9.14. The highest BCUT2D eigenvalue weighted by molar-refractivity contribution is 5.94. The first-order valence-electron chi connectivity index (χ1n) is 9.34. The Morgan fingerprint density at radius 3 is 2.55 bits per heavy atom. The Hall–Kier alpha value is -3.48. The second-order valence-electron chi connectivity index (χ2n) is 6.67. The third-order valence-electron chi connectivity index (χ3n) is 4.77. The first-order chi connectivity index (χ1) is 14.0. The maximum absolute atomic E-state index is 12.5. The Balaban J connectivity index is 1.62. The van der Waals surface area contributed by atoms with Gasteiger partial charge in [-0.2, -0.15) is 0 Å². The van der Waals surface area contributed by atoms with Crippen LogP contribution >= 0.6 is 0 Å². The van der Waals surface area contributed by atoms with Crippen LogP contribution in [0.3, 0.4) is 0 Å². The summed E-state index contributed by atoms with van der Waals surface area (Å²) in [5.41, 5.74) is 2.75. The lowest BCUT2D eigenvalue weighted by Gasteiger charge is -2.20. The number of nitrogens with one attached hydrogen (secondary N) is 2. The zero-order valence-electron chi connectivity index (χ0n) is 16.8. The van der Waals surface area contributed by atoms with Crippen LogP contribution in [0.15, 0.2) is 48.7 Å². The van der Waals surface area contributed by atoms with E-state index in [1.165, 1.54) is 18.9 Å². The van der Waals surface area contributed by atoms with E-state index in [1.54, 1.807) is 25.3 Å². The number of ether oxygens (including phenoxy) is 2. The van der Waals surface area contributed by atoms with E-state index in [2.05, 4.69) is 10.3 Å². The minimum atomic E-state index is -0.272. The molecule has 0 saturated carbocycles. The number of hydrogen-bond acceptors (Lipinski definition) is 4. The number of anilines is 1. The van der Waals surface area contributed by atoms with Crippen molar-refractivity contribution in [3.8, 4) is 11.5 Å². The number of carbonyl (C=O) groups is 2. The largest absolute Gasteiger partial charge is 0.493 e. The zero-order valence-corrected chi connectivity index (χ0v) is 16.8. The van der Waals surface area contributed by atoms with Crippen molar-refractivity contribution in [2.24, 2.45) is 0 Å². The third-order valence-corrected chi connectivity index (χ3v) is 4.77. The van der Waals surface area contributed by atoms with Crippen LogP contribution in [0.25, 0.3) is 10.9 Å². The smallest absolute Gasteiger partial charge is 0.243 e. The molecule has 29 heavy (non-hydrogen) atoms. The first kappa shape index (κ1) is 20.3. The summed E-state index contributed by atoms with van der Waals surface area (Å²) in [6.07, 6.45) is 2.61. The minimum absolute atomic E-state index is 0.0218. The number of H-pyrrole nitrogens is 1. The molecule has 0 atom stereocenters. The number of para-hydroxylation sites is 1. The molecule has 1 aromatic heterocycles. The summed E-state index contributed by atoms with van der Waals surface area (Å²) in [7, 11) is 3.08. The van der Waals surface area contributed by atoms with E-state index in [-0.39, 0.29) is 18.4 Å². The quantitative estimate of drug-likeness (QED) is 0.613. The Kier molecular flexibility index (Phi) is 6.39. The van der Waals surface area contributed by atoms with E-state index in [0.29, 0.717) is 30.2 Å². The molecule has 0 saturated heterocycles. The molecule has 0 fully saturated rings. The third kappa shape index (κ3) is 4.87. The normalized spacial score (nSPS) is 10.6. The summed E-state index contributed by atoms with van der Waals surface area (Å²) in [6, 6.07) is 13.1. The van der Waals surface area contributed by atoms with Crippen LogP contribution in [0, 0.1) is 0 Å². The molecule has 0 radical (unpaired) electrons. The molecule has 2 amide bonds. The number of rotatable bonds is 8. The first-order valence-corrected chi connectivity index (χ1v) is 9.34. The molecule has 3 aromatic rings. The molecule has 0 aliphatic carbocycles. The highest BCUT2D eigenvalue weighted by atomic mass is 16.5. The van der Waals surface area contributed by atoms with Crippen LogP contribution < -0.4 is 14.8 Å². The molecule has 3 rings (SSSR count). The van der Waals surface area contributed by atoms with Gasteiger partial charge in [-0.1, -0.05) is 18.2 Å². The number of aromatic amines is 1. The predicted octanol–water partition coefficient (Wildman–Crippen LogP) is 3.21. The number of amides is 2. The van der Waals surface area contributed by atoms with Gasteiger partial charge in [0.05, 0.1) is 20.8 Å². The highest BCUT2D eigenvalue weighted by Crippen LogP contribution is 2.29. The fourth-order valence-electron chi connectivity index (χ4n) is 3.23. The van der Waals surface area contributed by atoms with Crippen molar-refractivity contribution in [3.05, 3.63) is 54.2 Å². The molecule has 7 nitrogen and oxygen atoms in total. The summed E-state index contributed by atoms with van der Waals surface area (Å²) in [5.74, 6) is 0.682. The molecule has 2 aromatic carbocycles. The SMILES string of the molecule is COc1ccc(NC(=O)CN(CCc2c[nH]c3ccccc23)C(C)=O)cc1OC. The van der Waals surface area contributed by atoms with E-state index >= 15 is 0 Å². The predicted molar refractivity (Wildman–Crippen MR) is 112 cm³/mol. The molecule has 7 heteroatoms. The summed E-state index contributed by atoms with van der Waals surface area (Å²) in [5, 5.41) is 3.93. The molecule has 2 N–H and O–H groups in total. The Bertz CT molecular complexity index is 1010. The Morgan fingerprint density at radius 2 is 1.83 bits per heavy atom. The van der Waals surface area contributed by atoms with Crippen LogP contribution in [0.4, 0.5) is 5.69 Å². The van der Waals surface area contributed by atoms with Gasteiger partial charge in [0.25, 0.3) is 0 Å². The fourth-order valence-corrected chi connectivity index (χ4v) is 3.23. The molecule has 152 valence electrons. The molecule has 0 aliphatic rings. The number of benzene rings is 2. The van der Waals surface area contributed by atoms with Gasteiger partial charge in [-0.25, -0.2) is 0 Å². The van der Waals surface area contributed by atoms with E-state index in [4.69, 9.17) is 9.47 Å². The van der Waals surface area contributed by atoms with E-state index < -0.39 is 0 Å². The van der Waals surface area contributed by atoms with Crippen molar-refractivity contribution in [1.29, 1.82) is 0 Å². The van der Waals surface area contributed by atoms with Crippen molar-refractivity contribution in [1.82, 2.24) is 9.88 Å². The lowest BCUT2D eigenvalue weighted by molar-refractivity contribution is -0.132. The molecule has 0 unspecified atom stereocenters. The summed E-state index contributed by atoms with van der Waals surface area (Å²) < 4.78 is 10.4. The molecule has 1 heterocycles. The van der Waals surface area contributed by atoms with E-state index in [0.717, 1.165) is 16.5 Å². The van der Waals surface area contributed by atoms with Gasteiger partial charge in [0.15, 0.2) is 11.5 Å². The molecule has 0 bridgehead atoms. The monoisotopic (exact) mass is 395 g/mol. The average molecular weight is 395 g/mol. The lowest BCUT2D eigenvalue weighted by atomic mass is 10.1. The molecular formula is C22H25N3O4. The van der Waals surface area contributed by atoms with Crippen LogP contribution in [0.5, 0.6) is 11.5 Å². The molecule has 0 spiro atoms. The van der Waals surface area contributed by atoms with Crippen LogP contribution in [-0.4, -0.2) is 49.0 Å². The highest BCUT2D eigenvalue weighted by Gasteiger charge is 2.15. The van der Waals surface area contributed by atoms with Gasteiger partial charge >= 0.3 is 0 Å². The molecular weight excluding hydrogens is 370 g/mol. The van der Waals surface area contributed by atoms with Crippen LogP contribution in [-0.2, 0) is 16.0 Å². The van der Waals surface area contributed by atoms with Gasteiger partial charge in [-0.3, -0.25) is 9.59 Å².